The molecule has 0 spiro atoms. The molecule has 0 radical (unpaired) electrons. The first-order valence-electron chi connectivity index (χ1n) is 6.93. The highest BCUT2D eigenvalue weighted by molar-refractivity contribution is 5.83. The third kappa shape index (κ3) is 4.67. The van der Waals surface area contributed by atoms with Crippen molar-refractivity contribution in [3.05, 3.63) is 35.4 Å². The first-order valence-corrected chi connectivity index (χ1v) is 6.93. The van der Waals surface area contributed by atoms with Crippen LogP contribution in [0, 0.1) is 12.8 Å². The highest BCUT2D eigenvalue weighted by atomic mass is 16.3. The molecule has 1 aromatic rings. The molecule has 2 N–H and O–H groups in total. The van der Waals surface area contributed by atoms with E-state index in [0.29, 0.717) is 12.3 Å². The van der Waals surface area contributed by atoms with E-state index in [-0.39, 0.29) is 24.5 Å². The average Bonchev–Trinajstić information content (AvgIpc) is 2.37. The van der Waals surface area contributed by atoms with Gasteiger partial charge >= 0.3 is 0 Å². The van der Waals surface area contributed by atoms with Gasteiger partial charge in [0.05, 0.1) is 5.92 Å². The van der Waals surface area contributed by atoms with Crippen LogP contribution < -0.4 is 5.32 Å². The molecule has 106 valence electrons. The SMILES string of the molecule is Cc1cccc(C(C)C(=O)NC(CCO)C(C)C)c1. The smallest absolute Gasteiger partial charge is 0.227 e. The quantitative estimate of drug-likeness (QED) is 0.829. The van der Waals surface area contributed by atoms with E-state index in [0.717, 1.165) is 11.1 Å². The molecule has 3 heteroatoms. The van der Waals surface area contributed by atoms with Crippen molar-refractivity contribution >= 4 is 5.91 Å². The van der Waals surface area contributed by atoms with Crippen LogP contribution in [0.2, 0.25) is 0 Å². The van der Waals surface area contributed by atoms with Gasteiger partial charge in [-0.1, -0.05) is 43.7 Å². The van der Waals surface area contributed by atoms with Gasteiger partial charge in [0.1, 0.15) is 0 Å². The molecular formula is C16H25NO2. The number of carbonyl (C=O) groups excluding carboxylic acids is 1. The Balaban J connectivity index is 2.71. The Kier molecular flexibility index (Phi) is 6.03. The maximum Gasteiger partial charge on any atom is 0.227 e. The van der Waals surface area contributed by atoms with Crippen LogP contribution in [0.3, 0.4) is 0 Å². The Morgan fingerprint density at radius 1 is 1.32 bits per heavy atom. The van der Waals surface area contributed by atoms with Crippen LogP contribution in [0.25, 0.3) is 0 Å². The Morgan fingerprint density at radius 3 is 2.53 bits per heavy atom. The topological polar surface area (TPSA) is 49.3 Å². The molecule has 0 bridgehead atoms. The van der Waals surface area contributed by atoms with Gasteiger partial charge in [-0.2, -0.15) is 0 Å². The molecular weight excluding hydrogens is 238 g/mol. The fourth-order valence-corrected chi connectivity index (χ4v) is 2.11. The summed E-state index contributed by atoms with van der Waals surface area (Å²) in [4.78, 5) is 12.3. The van der Waals surface area contributed by atoms with Gasteiger partial charge < -0.3 is 10.4 Å². The molecule has 0 aliphatic rings. The molecule has 2 unspecified atom stereocenters. The van der Waals surface area contributed by atoms with E-state index in [4.69, 9.17) is 5.11 Å². The molecule has 0 aliphatic carbocycles. The summed E-state index contributed by atoms with van der Waals surface area (Å²) in [5, 5.41) is 12.1. The van der Waals surface area contributed by atoms with E-state index < -0.39 is 0 Å². The number of benzene rings is 1. The van der Waals surface area contributed by atoms with Crippen LogP contribution >= 0.6 is 0 Å². The second-order valence-corrected chi connectivity index (χ2v) is 5.51. The Morgan fingerprint density at radius 2 is 2.00 bits per heavy atom. The zero-order chi connectivity index (χ0) is 14.4. The van der Waals surface area contributed by atoms with E-state index >= 15 is 0 Å². The summed E-state index contributed by atoms with van der Waals surface area (Å²) in [6, 6.07) is 8.05. The van der Waals surface area contributed by atoms with Gasteiger partial charge in [-0.05, 0) is 31.7 Å². The zero-order valence-corrected chi connectivity index (χ0v) is 12.3. The van der Waals surface area contributed by atoms with Crippen LogP contribution in [-0.2, 0) is 4.79 Å². The molecule has 2 atom stereocenters. The Bertz CT molecular complexity index is 415. The first-order chi connectivity index (χ1) is 8.95. The number of amides is 1. The maximum atomic E-state index is 12.3. The lowest BCUT2D eigenvalue weighted by Crippen LogP contribution is -2.41. The van der Waals surface area contributed by atoms with Crippen LogP contribution in [0.4, 0.5) is 0 Å². The minimum absolute atomic E-state index is 0.0257. The number of hydrogen-bond donors (Lipinski definition) is 2. The van der Waals surface area contributed by atoms with E-state index in [9.17, 15) is 4.79 Å². The normalized spacial score (nSPS) is 14.2. The number of nitrogens with one attached hydrogen (secondary N) is 1. The molecule has 3 nitrogen and oxygen atoms in total. The molecule has 0 saturated carbocycles. The van der Waals surface area contributed by atoms with Crippen molar-refractivity contribution in [2.24, 2.45) is 5.92 Å². The first kappa shape index (κ1) is 15.7. The fraction of sp³-hybridized carbons (Fsp3) is 0.562. The second-order valence-electron chi connectivity index (χ2n) is 5.51. The number of aliphatic hydroxyl groups excluding tert-OH is 1. The average molecular weight is 263 g/mol. The minimum atomic E-state index is -0.167. The molecule has 0 saturated heterocycles. The number of aryl methyl sites for hydroxylation is 1. The molecule has 1 amide bonds. The molecule has 0 heterocycles. The van der Waals surface area contributed by atoms with E-state index in [2.05, 4.69) is 19.2 Å². The van der Waals surface area contributed by atoms with Crippen LogP contribution in [0.5, 0.6) is 0 Å². The van der Waals surface area contributed by atoms with Gasteiger partial charge in [-0.25, -0.2) is 0 Å². The van der Waals surface area contributed by atoms with Gasteiger partial charge in [-0.3, -0.25) is 4.79 Å². The van der Waals surface area contributed by atoms with Crippen LogP contribution in [-0.4, -0.2) is 23.7 Å². The lowest BCUT2D eigenvalue weighted by molar-refractivity contribution is -0.123. The minimum Gasteiger partial charge on any atom is -0.396 e. The van der Waals surface area contributed by atoms with Gasteiger partial charge in [0.2, 0.25) is 5.91 Å². The number of rotatable bonds is 6. The summed E-state index contributed by atoms with van der Waals surface area (Å²) in [7, 11) is 0. The van der Waals surface area contributed by atoms with E-state index in [1.807, 2.05) is 38.1 Å². The molecule has 19 heavy (non-hydrogen) atoms. The van der Waals surface area contributed by atoms with E-state index in [1.54, 1.807) is 0 Å². The third-order valence-electron chi connectivity index (χ3n) is 3.51. The summed E-state index contributed by atoms with van der Waals surface area (Å²) in [6.45, 7) is 8.15. The van der Waals surface area contributed by atoms with Gasteiger partial charge in [0.15, 0.2) is 0 Å². The molecule has 1 rings (SSSR count). The van der Waals surface area contributed by atoms with E-state index in [1.165, 1.54) is 0 Å². The summed E-state index contributed by atoms with van der Waals surface area (Å²) in [6.07, 6.45) is 0.601. The van der Waals surface area contributed by atoms with Crippen molar-refractivity contribution in [2.75, 3.05) is 6.61 Å². The summed E-state index contributed by atoms with van der Waals surface area (Å²) in [5.41, 5.74) is 2.19. The standard InChI is InChI=1S/C16H25NO2/c1-11(2)15(8-9-18)17-16(19)13(4)14-7-5-6-12(3)10-14/h5-7,10-11,13,15,18H,8-9H2,1-4H3,(H,17,19). The molecule has 0 aromatic heterocycles. The van der Waals surface area contributed by atoms with Crippen molar-refractivity contribution in [1.29, 1.82) is 0 Å². The fourth-order valence-electron chi connectivity index (χ4n) is 2.11. The monoisotopic (exact) mass is 263 g/mol. The summed E-state index contributed by atoms with van der Waals surface area (Å²) in [5.74, 6) is 0.179. The highest BCUT2D eigenvalue weighted by Gasteiger charge is 2.20. The molecule has 0 fully saturated rings. The highest BCUT2D eigenvalue weighted by Crippen LogP contribution is 2.17. The largest absolute Gasteiger partial charge is 0.396 e. The van der Waals surface area contributed by atoms with Crippen LogP contribution in [0.15, 0.2) is 24.3 Å². The zero-order valence-electron chi connectivity index (χ0n) is 12.3. The third-order valence-corrected chi connectivity index (χ3v) is 3.51. The van der Waals surface area contributed by atoms with Crippen molar-refractivity contribution < 1.29 is 9.90 Å². The second kappa shape index (κ2) is 7.29. The van der Waals surface area contributed by atoms with Crippen molar-refractivity contribution in [3.8, 4) is 0 Å². The van der Waals surface area contributed by atoms with Crippen LogP contribution in [0.1, 0.15) is 44.2 Å². The molecule has 0 aliphatic heterocycles. The Labute approximate surface area is 116 Å². The van der Waals surface area contributed by atoms with Gasteiger partial charge in [0.25, 0.3) is 0 Å². The lowest BCUT2D eigenvalue weighted by atomic mass is 9.96. The van der Waals surface area contributed by atoms with Gasteiger partial charge in [0, 0.05) is 12.6 Å². The Hall–Kier alpha value is -1.35. The van der Waals surface area contributed by atoms with Gasteiger partial charge in [-0.15, -0.1) is 0 Å². The number of aliphatic hydroxyl groups is 1. The summed E-state index contributed by atoms with van der Waals surface area (Å²) < 4.78 is 0. The van der Waals surface area contributed by atoms with Crippen molar-refractivity contribution in [1.82, 2.24) is 5.32 Å². The lowest BCUT2D eigenvalue weighted by Gasteiger charge is -2.23. The maximum absolute atomic E-state index is 12.3. The predicted molar refractivity (Wildman–Crippen MR) is 78.1 cm³/mol. The summed E-state index contributed by atoms with van der Waals surface area (Å²) >= 11 is 0. The number of hydrogen-bond acceptors (Lipinski definition) is 2. The number of carbonyl (C=O) groups is 1. The van der Waals surface area contributed by atoms with Crippen molar-refractivity contribution in [3.63, 3.8) is 0 Å². The van der Waals surface area contributed by atoms with Crippen molar-refractivity contribution in [2.45, 2.75) is 46.1 Å². The predicted octanol–water partition coefficient (Wildman–Crippen LogP) is 2.62. The molecule has 1 aromatic carbocycles.